The van der Waals surface area contributed by atoms with Crippen LogP contribution < -0.4 is 9.64 Å². The van der Waals surface area contributed by atoms with Gasteiger partial charge in [-0.25, -0.2) is 0 Å². The van der Waals surface area contributed by atoms with Crippen LogP contribution in [0.3, 0.4) is 0 Å². The van der Waals surface area contributed by atoms with E-state index in [4.69, 9.17) is 4.74 Å². The lowest BCUT2D eigenvalue weighted by Crippen LogP contribution is -2.15. The number of nitrogens with zero attached hydrogens (tertiary/aromatic N) is 1. The molecule has 0 aliphatic carbocycles. The predicted octanol–water partition coefficient (Wildman–Crippen LogP) is 7.92. The Labute approximate surface area is 206 Å². The van der Waals surface area contributed by atoms with Crippen molar-refractivity contribution >= 4 is 17.1 Å². The lowest BCUT2D eigenvalue weighted by Gasteiger charge is -2.31. The van der Waals surface area contributed by atoms with Crippen molar-refractivity contribution in [3.8, 4) is 28.7 Å². The number of hydrogen-bond donors (Lipinski definition) is 3. The summed E-state index contributed by atoms with van der Waals surface area (Å²) in [4.78, 5) is 2.06. The van der Waals surface area contributed by atoms with E-state index >= 15 is 0 Å². The van der Waals surface area contributed by atoms with E-state index in [0.717, 1.165) is 50.4 Å². The van der Waals surface area contributed by atoms with E-state index in [1.54, 1.807) is 12.1 Å². The molecule has 180 valence electrons. The molecule has 0 aliphatic rings. The lowest BCUT2D eigenvalue weighted by atomic mass is 10.0. The summed E-state index contributed by atoms with van der Waals surface area (Å²) in [6.45, 7) is 11.5. The fraction of sp³-hybridized carbons (Fsp3) is 0.200. The van der Waals surface area contributed by atoms with Crippen LogP contribution in [0.5, 0.6) is 28.7 Å². The topological polar surface area (TPSA) is 73.2 Å². The van der Waals surface area contributed by atoms with Crippen LogP contribution in [-0.2, 0) is 0 Å². The van der Waals surface area contributed by atoms with E-state index in [0.29, 0.717) is 11.5 Å². The van der Waals surface area contributed by atoms with Gasteiger partial charge in [-0.2, -0.15) is 0 Å². The quantitative estimate of drug-likeness (QED) is 0.277. The van der Waals surface area contributed by atoms with Gasteiger partial charge in [0.05, 0.1) is 11.4 Å². The van der Waals surface area contributed by atoms with E-state index in [2.05, 4.69) is 4.90 Å². The first-order valence-electron chi connectivity index (χ1n) is 11.6. The van der Waals surface area contributed by atoms with Gasteiger partial charge in [-0.1, -0.05) is 24.3 Å². The molecule has 3 N–H and O–H groups in total. The number of anilines is 3. The van der Waals surface area contributed by atoms with Crippen molar-refractivity contribution in [2.45, 2.75) is 41.5 Å². The Morgan fingerprint density at radius 3 is 1.51 bits per heavy atom. The van der Waals surface area contributed by atoms with Crippen LogP contribution in [0.2, 0.25) is 0 Å². The minimum absolute atomic E-state index is 0.132. The maximum atomic E-state index is 10.5. The van der Waals surface area contributed by atoms with Gasteiger partial charge < -0.3 is 25.0 Å². The molecule has 0 amide bonds. The zero-order chi connectivity index (χ0) is 25.4. The smallest absolute Gasteiger partial charge is 0.172 e. The average Bonchev–Trinajstić information content (AvgIpc) is 2.84. The van der Waals surface area contributed by atoms with Crippen LogP contribution in [-0.4, -0.2) is 15.3 Å². The van der Waals surface area contributed by atoms with Gasteiger partial charge in [0.25, 0.3) is 0 Å². The van der Waals surface area contributed by atoms with Crippen LogP contribution in [0.25, 0.3) is 0 Å². The van der Waals surface area contributed by atoms with Gasteiger partial charge in [0.2, 0.25) is 0 Å². The summed E-state index contributed by atoms with van der Waals surface area (Å²) in [7, 11) is 0. The molecule has 0 heterocycles. The average molecular weight is 470 g/mol. The van der Waals surface area contributed by atoms with Gasteiger partial charge >= 0.3 is 0 Å². The molecule has 4 aromatic rings. The van der Waals surface area contributed by atoms with Crippen molar-refractivity contribution in [1.82, 2.24) is 0 Å². The van der Waals surface area contributed by atoms with Crippen LogP contribution in [0.4, 0.5) is 17.1 Å². The SMILES string of the molecule is Cc1ccc(C)c(Oc2ccc(N(c3c(C)ccc(O)c3C)c3c(C)ccc(O)c3C)cc2)c1O. The van der Waals surface area contributed by atoms with Crippen LogP contribution in [0.15, 0.2) is 60.7 Å². The zero-order valence-corrected chi connectivity index (χ0v) is 21.0. The number of benzene rings is 4. The minimum Gasteiger partial charge on any atom is -0.508 e. The first kappa shape index (κ1) is 24.0. The maximum Gasteiger partial charge on any atom is 0.172 e. The van der Waals surface area contributed by atoms with Gasteiger partial charge in [0, 0.05) is 16.8 Å². The molecule has 4 rings (SSSR count). The summed E-state index contributed by atoms with van der Waals surface area (Å²) < 4.78 is 6.05. The molecule has 5 nitrogen and oxygen atoms in total. The predicted molar refractivity (Wildman–Crippen MR) is 141 cm³/mol. The Bertz CT molecular complexity index is 1350. The Morgan fingerprint density at radius 2 is 1.00 bits per heavy atom. The van der Waals surface area contributed by atoms with Gasteiger partial charge in [-0.15, -0.1) is 0 Å². The highest BCUT2D eigenvalue weighted by Crippen LogP contribution is 2.46. The van der Waals surface area contributed by atoms with Crippen molar-refractivity contribution in [3.05, 3.63) is 94.0 Å². The van der Waals surface area contributed by atoms with E-state index in [1.165, 1.54) is 0 Å². The van der Waals surface area contributed by atoms with Crippen molar-refractivity contribution in [2.75, 3.05) is 4.90 Å². The third-order valence-electron chi connectivity index (χ3n) is 6.50. The van der Waals surface area contributed by atoms with E-state index in [1.807, 2.05) is 90.1 Å². The monoisotopic (exact) mass is 469 g/mol. The molecule has 0 unspecified atom stereocenters. The lowest BCUT2D eigenvalue weighted by molar-refractivity contribution is 0.406. The van der Waals surface area contributed by atoms with Gasteiger partial charge in [0.1, 0.15) is 17.2 Å². The first-order valence-corrected chi connectivity index (χ1v) is 11.6. The molecule has 0 radical (unpaired) electrons. The van der Waals surface area contributed by atoms with Gasteiger partial charge in [-0.05, 0) is 100 Å². The Kier molecular flexibility index (Phi) is 6.35. The van der Waals surface area contributed by atoms with E-state index in [9.17, 15) is 15.3 Å². The Morgan fingerprint density at radius 1 is 0.543 bits per heavy atom. The largest absolute Gasteiger partial charge is 0.508 e. The maximum absolute atomic E-state index is 10.5. The molecular formula is C30H31NO4. The normalized spacial score (nSPS) is 10.9. The molecule has 35 heavy (non-hydrogen) atoms. The molecule has 0 aromatic heterocycles. The molecule has 0 bridgehead atoms. The van der Waals surface area contributed by atoms with Crippen molar-refractivity contribution in [3.63, 3.8) is 0 Å². The van der Waals surface area contributed by atoms with Gasteiger partial charge in [0.15, 0.2) is 11.5 Å². The molecular weight excluding hydrogens is 438 g/mol. The highest BCUT2D eigenvalue weighted by molar-refractivity contribution is 5.85. The fourth-order valence-corrected chi connectivity index (χ4v) is 4.39. The second kappa shape index (κ2) is 9.26. The number of rotatable bonds is 5. The van der Waals surface area contributed by atoms with Crippen molar-refractivity contribution < 1.29 is 20.1 Å². The number of aryl methyl sites for hydroxylation is 4. The van der Waals surface area contributed by atoms with Crippen LogP contribution >= 0.6 is 0 Å². The third-order valence-corrected chi connectivity index (χ3v) is 6.50. The first-order chi connectivity index (χ1) is 16.6. The molecule has 4 aromatic carbocycles. The van der Waals surface area contributed by atoms with Crippen molar-refractivity contribution in [2.24, 2.45) is 0 Å². The molecule has 0 spiro atoms. The summed E-state index contributed by atoms with van der Waals surface area (Å²) in [6, 6.07) is 18.5. The zero-order valence-electron chi connectivity index (χ0n) is 21.0. The molecule has 0 atom stereocenters. The summed E-state index contributed by atoms with van der Waals surface area (Å²) in [5.41, 5.74) is 7.60. The van der Waals surface area contributed by atoms with E-state index < -0.39 is 0 Å². The number of phenols is 3. The summed E-state index contributed by atoms with van der Waals surface area (Å²) in [5, 5.41) is 31.5. The third kappa shape index (κ3) is 4.37. The van der Waals surface area contributed by atoms with E-state index in [-0.39, 0.29) is 17.2 Å². The molecule has 0 saturated carbocycles. The molecule has 0 saturated heterocycles. The number of hydrogen-bond acceptors (Lipinski definition) is 5. The second-order valence-electron chi connectivity index (χ2n) is 9.06. The summed E-state index contributed by atoms with van der Waals surface area (Å²) in [6.07, 6.45) is 0. The highest BCUT2D eigenvalue weighted by atomic mass is 16.5. The number of aromatic hydroxyl groups is 3. The standard InChI is InChI=1S/C30H31NO4/c1-17-9-15-25(32)21(5)27(17)31(28-18(2)10-16-26(33)22(28)6)23-11-13-24(14-12-23)35-30-20(4)8-7-19(3)29(30)34/h7-16,32-34H,1-6H3. The molecule has 5 heteroatoms. The fourth-order valence-electron chi connectivity index (χ4n) is 4.39. The molecule has 0 fully saturated rings. The van der Waals surface area contributed by atoms with Crippen LogP contribution in [0.1, 0.15) is 33.4 Å². The van der Waals surface area contributed by atoms with Crippen molar-refractivity contribution in [1.29, 1.82) is 0 Å². The number of phenolic OH excluding ortho intramolecular Hbond substituents is 3. The Hall–Kier alpha value is -4.12. The molecule has 0 aliphatic heterocycles. The summed E-state index contributed by atoms with van der Waals surface area (Å²) >= 11 is 0. The summed E-state index contributed by atoms with van der Waals surface area (Å²) in [5.74, 6) is 1.57. The highest BCUT2D eigenvalue weighted by Gasteiger charge is 2.23. The number of ether oxygens (including phenoxy) is 1. The van der Waals surface area contributed by atoms with Crippen LogP contribution in [0, 0.1) is 41.5 Å². The Balaban J connectivity index is 1.86. The van der Waals surface area contributed by atoms with Gasteiger partial charge in [-0.3, -0.25) is 0 Å². The second-order valence-corrected chi connectivity index (χ2v) is 9.06. The minimum atomic E-state index is 0.132.